The molecule has 0 aliphatic rings. The van der Waals surface area contributed by atoms with Crippen molar-refractivity contribution in [1.29, 1.82) is 0 Å². The molecule has 0 radical (unpaired) electrons. The molecular weight excluding hydrogens is 80.0 g/mol. The highest BCUT2D eigenvalue weighted by atomic mass is 16.1. The number of rotatable bonds is 2. The van der Waals surface area contributed by atoms with Crippen LogP contribution in [0, 0.1) is 0 Å². The maximum Gasteiger partial charge on any atom is 0.122 e. The van der Waals surface area contributed by atoms with Crippen molar-refractivity contribution < 1.29 is 4.79 Å². The van der Waals surface area contributed by atoms with Gasteiger partial charge in [-0.25, -0.2) is 0 Å². The van der Waals surface area contributed by atoms with E-state index in [4.69, 9.17) is 11.5 Å². The van der Waals surface area contributed by atoms with E-state index in [-0.39, 0.29) is 6.42 Å². The highest BCUT2D eigenvalue weighted by Gasteiger charge is 1.85. The monoisotopic (exact) mass is 88.1 g/mol. The second kappa shape index (κ2) is 2.81. The molecule has 0 aliphatic carbocycles. The van der Waals surface area contributed by atoms with E-state index < -0.39 is 6.17 Å². The summed E-state index contributed by atoms with van der Waals surface area (Å²) in [4.78, 5) is 9.46. The predicted octanol–water partition coefficient (Wildman–Crippen LogP) is -1.18. The summed E-state index contributed by atoms with van der Waals surface area (Å²) in [6.07, 6.45) is 0.479. The number of hydrogen-bond acceptors (Lipinski definition) is 3. The average Bonchev–Trinajstić information content (AvgIpc) is 1.35. The van der Waals surface area contributed by atoms with E-state index in [1.165, 1.54) is 0 Å². The fourth-order valence-electron chi connectivity index (χ4n) is 0.111. The SMILES string of the molecule is NC(N)CC=O. The van der Waals surface area contributed by atoms with E-state index in [0.29, 0.717) is 6.29 Å². The van der Waals surface area contributed by atoms with Gasteiger partial charge in [0.1, 0.15) is 6.29 Å². The molecule has 0 aromatic rings. The Bertz CT molecular complexity index is 44.1. The predicted molar refractivity (Wildman–Crippen MR) is 22.8 cm³/mol. The van der Waals surface area contributed by atoms with Gasteiger partial charge < -0.3 is 16.3 Å². The normalized spacial score (nSPS) is 9.17. The minimum atomic E-state index is -0.470. The van der Waals surface area contributed by atoms with Crippen molar-refractivity contribution in [1.82, 2.24) is 0 Å². The highest BCUT2D eigenvalue weighted by Crippen LogP contribution is 1.65. The summed E-state index contributed by atoms with van der Waals surface area (Å²) < 4.78 is 0. The first-order valence-electron chi connectivity index (χ1n) is 1.72. The summed E-state index contributed by atoms with van der Waals surface area (Å²) >= 11 is 0. The molecule has 0 fully saturated rings. The van der Waals surface area contributed by atoms with Gasteiger partial charge in [0.25, 0.3) is 0 Å². The van der Waals surface area contributed by atoms with Gasteiger partial charge in [-0.3, -0.25) is 0 Å². The first-order chi connectivity index (χ1) is 2.77. The summed E-state index contributed by atoms with van der Waals surface area (Å²) in [5, 5.41) is 0. The number of nitrogens with two attached hydrogens (primary N) is 2. The minimum Gasteiger partial charge on any atom is -0.316 e. The Kier molecular flexibility index (Phi) is 2.62. The molecule has 0 atom stereocenters. The zero-order valence-corrected chi connectivity index (χ0v) is 3.42. The molecule has 0 amide bonds. The smallest absolute Gasteiger partial charge is 0.122 e. The Morgan fingerprint density at radius 1 is 1.67 bits per heavy atom. The van der Waals surface area contributed by atoms with Gasteiger partial charge in [0.2, 0.25) is 0 Å². The van der Waals surface area contributed by atoms with Crippen LogP contribution >= 0.6 is 0 Å². The molecule has 0 saturated carbocycles. The lowest BCUT2D eigenvalue weighted by Crippen LogP contribution is -2.30. The lowest BCUT2D eigenvalue weighted by Gasteiger charge is -1.92. The van der Waals surface area contributed by atoms with Gasteiger partial charge in [-0.05, 0) is 0 Å². The number of hydrogen-bond donors (Lipinski definition) is 2. The Labute approximate surface area is 36.3 Å². The van der Waals surface area contributed by atoms with Crippen molar-refractivity contribution in [3.05, 3.63) is 0 Å². The van der Waals surface area contributed by atoms with Crippen molar-refractivity contribution >= 4 is 6.29 Å². The zero-order chi connectivity index (χ0) is 4.99. The quantitative estimate of drug-likeness (QED) is 0.329. The topological polar surface area (TPSA) is 69.1 Å². The molecule has 0 rings (SSSR count). The highest BCUT2D eigenvalue weighted by molar-refractivity contribution is 5.49. The number of carbonyl (C=O) groups is 1. The summed E-state index contributed by atoms with van der Waals surface area (Å²) in [6, 6.07) is 0. The van der Waals surface area contributed by atoms with Gasteiger partial charge in [0.05, 0.1) is 6.17 Å². The van der Waals surface area contributed by atoms with Crippen LogP contribution in [-0.2, 0) is 4.79 Å². The van der Waals surface area contributed by atoms with E-state index in [9.17, 15) is 4.79 Å². The lowest BCUT2D eigenvalue weighted by molar-refractivity contribution is -0.108. The van der Waals surface area contributed by atoms with Gasteiger partial charge in [-0.15, -0.1) is 0 Å². The van der Waals surface area contributed by atoms with Crippen LogP contribution in [-0.4, -0.2) is 12.5 Å². The minimum absolute atomic E-state index is 0.250. The molecule has 4 N–H and O–H groups in total. The van der Waals surface area contributed by atoms with Gasteiger partial charge in [0, 0.05) is 6.42 Å². The van der Waals surface area contributed by atoms with Crippen LogP contribution in [0.25, 0.3) is 0 Å². The van der Waals surface area contributed by atoms with E-state index in [0.717, 1.165) is 0 Å². The Morgan fingerprint density at radius 2 is 2.17 bits per heavy atom. The molecule has 0 bridgehead atoms. The molecule has 0 unspecified atom stereocenters. The standard InChI is InChI=1S/C3H8N2O/c4-3(5)1-2-6/h2-3H,1,4-5H2. The second-order valence-corrected chi connectivity index (χ2v) is 1.07. The van der Waals surface area contributed by atoms with Crippen LogP contribution < -0.4 is 11.5 Å². The van der Waals surface area contributed by atoms with Crippen LogP contribution in [0.4, 0.5) is 0 Å². The molecule has 3 heteroatoms. The van der Waals surface area contributed by atoms with E-state index >= 15 is 0 Å². The summed E-state index contributed by atoms with van der Waals surface area (Å²) in [7, 11) is 0. The largest absolute Gasteiger partial charge is 0.316 e. The van der Waals surface area contributed by atoms with Crippen LogP contribution in [0.3, 0.4) is 0 Å². The fraction of sp³-hybridized carbons (Fsp3) is 0.667. The molecule has 0 spiro atoms. The van der Waals surface area contributed by atoms with Crippen molar-refractivity contribution in [2.24, 2.45) is 11.5 Å². The lowest BCUT2D eigenvalue weighted by atomic mass is 10.4. The van der Waals surface area contributed by atoms with Crippen molar-refractivity contribution in [3.8, 4) is 0 Å². The summed E-state index contributed by atoms with van der Waals surface area (Å²) in [5.74, 6) is 0. The van der Waals surface area contributed by atoms with Crippen LogP contribution in [0.15, 0.2) is 0 Å². The first-order valence-corrected chi connectivity index (χ1v) is 1.72. The van der Waals surface area contributed by atoms with Crippen LogP contribution in [0.1, 0.15) is 6.42 Å². The second-order valence-electron chi connectivity index (χ2n) is 1.07. The van der Waals surface area contributed by atoms with Crippen LogP contribution in [0.2, 0.25) is 0 Å². The summed E-state index contributed by atoms with van der Waals surface area (Å²) in [5.41, 5.74) is 9.90. The Hall–Kier alpha value is -0.410. The zero-order valence-electron chi connectivity index (χ0n) is 3.42. The molecule has 0 aromatic heterocycles. The molecule has 36 valence electrons. The Balaban J connectivity index is 2.81. The third-order valence-corrected chi connectivity index (χ3v) is 0.368. The van der Waals surface area contributed by atoms with Gasteiger partial charge in [-0.2, -0.15) is 0 Å². The number of aldehydes is 1. The third-order valence-electron chi connectivity index (χ3n) is 0.368. The first kappa shape index (κ1) is 5.59. The molecule has 0 saturated heterocycles. The average molecular weight is 88.1 g/mol. The number of carbonyl (C=O) groups excluding carboxylic acids is 1. The molecular formula is C3H8N2O. The van der Waals surface area contributed by atoms with Gasteiger partial charge in [-0.1, -0.05) is 0 Å². The van der Waals surface area contributed by atoms with E-state index in [2.05, 4.69) is 0 Å². The van der Waals surface area contributed by atoms with E-state index in [1.807, 2.05) is 0 Å². The van der Waals surface area contributed by atoms with Crippen molar-refractivity contribution in [3.63, 3.8) is 0 Å². The third kappa shape index (κ3) is 3.59. The van der Waals surface area contributed by atoms with Gasteiger partial charge >= 0.3 is 0 Å². The summed E-state index contributed by atoms with van der Waals surface area (Å²) in [6.45, 7) is 0. The molecule has 0 heterocycles. The maximum atomic E-state index is 9.46. The van der Waals surface area contributed by atoms with Crippen molar-refractivity contribution in [2.75, 3.05) is 0 Å². The maximum absolute atomic E-state index is 9.46. The molecule has 6 heavy (non-hydrogen) atoms. The fourth-order valence-corrected chi connectivity index (χ4v) is 0.111. The van der Waals surface area contributed by atoms with Crippen LogP contribution in [0.5, 0.6) is 0 Å². The Morgan fingerprint density at radius 3 is 2.17 bits per heavy atom. The molecule has 0 aliphatic heterocycles. The molecule has 3 nitrogen and oxygen atoms in total. The van der Waals surface area contributed by atoms with E-state index in [1.54, 1.807) is 0 Å². The van der Waals surface area contributed by atoms with Crippen molar-refractivity contribution in [2.45, 2.75) is 12.6 Å². The molecule has 0 aromatic carbocycles. The van der Waals surface area contributed by atoms with Gasteiger partial charge in [0.15, 0.2) is 0 Å².